The van der Waals surface area contributed by atoms with Gasteiger partial charge in [-0.15, -0.1) is 0 Å². The summed E-state index contributed by atoms with van der Waals surface area (Å²) < 4.78 is 18.5. The van der Waals surface area contributed by atoms with Crippen molar-refractivity contribution >= 4 is 28.4 Å². The van der Waals surface area contributed by atoms with Crippen molar-refractivity contribution in [1.29, 1.82) is 0 Å². The summed E-state index contributed by atoms with van der Waals surface area (Å²) in [6, 6.07) is 11.9. The molecule has 1 amide bonds. The number of rotatable bonds is 4. The Kier molecular flexibility index (Phi) is 5.15. The van der Waals surface area contributed by atoms with Crippen LogP contribution in [-0.4, -0.2) is 23.3 Å². The molecular formula is C18H17FN2O2S. The standard InChI is InChI=1S/C18H17FN2O2S/c1-12-2-7-15-16(8-12)23-10-18(21-15)24-11-17(22)20-9-13-3-5-14(19)6-4-13/h2-8H,9-11H2,1H3,(H,20,22). The van der Waals surface area contributed by atoms with Gasteiger partial charge in [-0.2, -0.15) is 0 Å². The molecule has 3 rings (SSSR count). The number of fused-ring (bicyclic) bond motifs is 1. The van der Waals surface area contributed by atoms with Gasteiger partial charge in [0.15, 0.2) is 0 Å². The van der Waals surface area contributed by atoms with Crippen LogP contribution in [0.4, 0.5) is 10.1 Å². The lowest BCUT2D eigenvalue weighted by atomic mass is 10.2. The van der Waals surface area contributed by atoms with Gasteiger partial charge >= 0.3 is 0 Å². The van der Waals surface area contributed by atoms with Crippen LogP contribution >= 0.6 is 11.8 Å². The third-order valence-corrected chi connectivity index (χ3v) is 4.43. The normalized spacial score (nSPS) is 12.8. The molecule has 124 valence electrons. The van der Waals surface area contributed by atoms with Gasteiger partial charge in [0.2, 0.25) is 5.91 Å². The van der Waals surface area contributed by atoms with Crippen molar-refractivity contribution in [1.82, 2.24) is 5.32 Å². The average Bonchev–Trinajstić information content (AvgIpc) is 2.59. The van der Waals surface area contributed by atoms with E-state index in [9.17, 15) is 9.18 Å². The smallest absolute Gasteiger partial charge is 0.230 e. The molecule has 0 radical (unpaired) electrons. The summed E-state index contributed by atoms with van der Waals surface area (Å²) in [5.74, 6) is 0.665. The van der Waals surface area contributed by atoms with Gasteiger partial charge < -0.3 is 10.1 Å². The van der Waals surface area contributed by atoms with Crippen LogP contribution in [0.5, 0.6) is 5.75 Å². The number of halogens is 1. The lowest BCUT2D eigenvalue weighted by Gasteiger charge is -2.16. The molecule has 0 bridgehead atoms. The molecule has 1 aliphatic heterocycles. The van der Waals surface area contributed by atoms with Crippen molar-refractivity contribution in [3.63, 3.8) is 0 Å². The molecule has 1 heterocycles. The van der Waals surface area contributed by atoms with Gasteiger partial charge in [-0.3, -0.25) is 4.79 Å². The van der Waals surface area contributed by atoms with E-state index in [1.165, 1.54) is 23.9 Å². The maximum atomic E-state index is 12.8. The number of ether oxygens (including phenoxy) is 1. The lowest BCUT2D eigenvalue weighted by Crippen LogP contribution is -2.26. The van der Waals surface area contributed by atoms with E-state index in [2.05, 4.69) is 10.3 Å². The van der Waals surface area contributed by atoms with Crippen LogP contribution in [0.15, 0.2) is 47.5 Å². The molecule has 0 atom stereocenters. The van der Waals surface area contributed by atoms with Gasteiger partial charge in [0.05, 0.1) is 5.75 Å². The summed E-state index contributed by atoms with van der Waals surface area (Å²) in [6.45, 7) is 2.76. The Balaban J connectivity index is 1.49. The summed E-state index contributed by atoms with van der Waals surface area (Å²) >= 11 is 1.36. The summed E-state index contributed by atoms with van der Waals surface area (Å²) in [4.78, 5) is 16.4. The molecule has 2 aromatic rings. The number of aryl methyl sites for hydroxylation is 1. The van der Waals surface area contributed by atoms with Gasteiger partial charge in [-0.25, -0.2) is 9.38 Å². The Bertz CT molecular complexity index is 775. The van der Waals surface area contributed by atoms with Gasteiger partial charge in [0, 0.05) is 6.54 Å². The fourth-order valence-electron chi connectivity index (χ4n) is 2.21. The number of thioether (sulfide) groups is 1. The SMILES string of the molecule is Cc1ccc2c(c1)OCC(SCC(=O)NCc1ccc(F)cc1)=N2. The molecule has 0 aromatic heterocycles. The zero-order valence-electron chi connectivity index (χ0n) is 13.2. The van der Waals surface area contributed by atoms with E-state index in [-0.39, 0.29) is 17.5 Å². The fraction of sp³-hybridized carbons (Fsp3) is 0.222. The molecule has 1 N–H and O–H groups in total. The molecule has 0 spiro atoms. The van der Waals surface area contributed by atoms with Crippen molar-refractivity contribution in [2.75, 3.05) is 12.4 Å². The Morgan fingerprint density at radius 2 is 2.08 bits per heavy atom. The third-order valence-electron chi connectivity index (χ3n) is 3.48. The van der Waals surface area contributed by atoms with Crippen molar-refractivity contribution in [3.05, 3.63) is 59.4 Å². The van der Waals surface area contributed by atoms with Gasteiger partial charge in [-0.05, 0) is 42.3 Å². The number of aliphatic imine (C=N–C) groups is 1. The molecule has 0 unspecified atom stereocenters. The predicted molar refractivity (Wildman–Crippen MR) is 94.5 cm³/mol. The maximum Gasteiger partial charge on any atom is 0.230 e. The minimum atomic E-state index is -0.286. The van der Waals surface area contributed by atoms with E-state index in [1.54, 1.807) is 12.1 Å². The van der Waals surface area contributed by atoms with Crippen LogP contribution in [-0.2, 0) is 11.3 Å². The molecule has 24 heavy (non-hydrogen) atoms. The van der Waals surface area contributed by atoms with Crippen molar-refractivity contribution < 1.29 is 13.9 Å². The highest BCUT2D eigenvalue weighted by molar-refractivity contribution is 8.14. The van der Waals surface area contributed by atoms with Crippen LogP contribution in [0.25, 0.3) is 0 Å². The van der Waals surface area contributed by atoms with E-state index in [1.807, 2.05) is 25.1 Å². The Morgan fingerprint density at radius 3 is 2.88 bits per heavy atom. The average molecular weight is 344 g/mol. The minimum absolute atomic E-state index is 0.0956. The molecule has 0 fully saturated rings. The quantitative estimate of drug-likeness (QED) is 0.922. The van der Waals surface area contributed by atoms with Crippen molar-refractivity contribution in [2.24, 2.45) is 4.99 Å². The summed E-state index contributed by atoms with van der Waals surface area (Å²) in [5, 5.41) is 3.59. The van der Waals surface area contributed by atoms with Gasteiger partial charge in [-0.1, -0.05) is 30.0 Å². The fourth-order valence-corrected chi connectivity index (χ4v) is 2.92. The lowest BCUT2D eigenvalue weighted by molar-refractivity contribution is -0.118. The van der Waals surface area contributed by atoms with E-state index < -0.39 is 0 Å². The molecule has 0 aliphatic carbocycles. The molecular weight excluding hydrogens is 327 g/mol. The molecule has 2 aromatic carbocycles. The minimum Gasteiger partial charge on any atom is -0.484 e. The van der Waals surface area contributed by atoms with E-state index >= 15 is 0 Å². The number of hydrogen-bond acceptors (Lipinski definition) is 4. The Morgan fingerprint density at radius 1 is 1.29 bits per heavy atom. The molecule has 0 saturated heterocycles. The van der Waals surface area contributed by atoms with Crippen molar-refractivity contribution in [2.45, 2.75) is 13.5 Å². The van der Waals surface area contributed by atoms with Crippen LogP contribution in [0, 0.1) is 12.7 Å². The maximum absolute atomic E-state index is 12.8. The largest absolute Gasteiger partial charge is 0.484 e. The van der Waals surface area contributed by atoms with Crippen LogP contribution in [0.1, 0.15) is 11.1 Å². The van der Waals surface area contributed by atoms with E-state index in [0.29, 0.717) is 13.2 Å². The highest BCUT2D eigenvalue weighted by Crippen LogP contribution is 2.32. The zero-order valence-corrected chi connectivity index (χ0v) is 14.0. The van der Waals surface area contributed by atoms with Gasteiger partial charge in [0.1, 0.15) is 28.9 Å². The number of nitrogens with one attached hydrogen (secondary N) is 1. The molecule has 6 heteroatoms. The second-order valence-corrected chi connectivity index (χ2v) is 6.51. The molecule has 1 aliphatic rings. The van der Waals surface area contributed by atoms with Crippen LogP contribution in [0.2, 0.25) is 0 Å². The van der Waals surface area contributed by atoms with Crippen LogP contribution < -0.4 is 10.1 Å². The number of carbonyl (C=O) groups is 1. The van der Waals surface area contributed by atoms with Crippen LogP contribution in [0.3, 0.4) is 0 Å². The second-order valence-electron chi connectivity index (χ2n) is 5.46. The highest BCUT2D eigenvalue weighted by Gasteiger charge is 2.14. The Hall–Kier alpha value is -2.34. The zero-order chi connectivity index (χ0) is 16.9. The first-order chi connectivity index (χ1) is 11.6. The summed E-state index contributed by atoms with van der Waals surface area (Å²) in [5.41, 5.74) is 2.78. The predicted octanol–water partition coefficient (Wildman–Crippen LogP) is 3.61. The van der Waals surface area contributed by atoms with Crippen molar-refractivity contribution in [3.8, 4) is 5.75 Å². The summed E-state index contributed by atoms with van der Waals surface area (Å²) in [7, 11) is 0. The highest BCUT2D eigenvalue weighted by atomic mass is 32.2. The van der Waals surface area contributed by atoms with E-state index in [0.717, 1.165) is 27.6 Å². The number of benzene rings is 2. The van der Waals surface area contributed by atoms with Gasteiger partial charge in [0.25, 0.3) is 0 Å². The number of nitrogens with zero attached hydrogens (tertiary/aromatic N) is 1. The monoisotopic (exact) mass is 344 g/mol. The Labute approximate surface area is 144 Å². The first-order valence-corrected chi connectivity index (χ1v) is 8.54. The third kappa shape index (κ3) is 4.35. The second kappa shape index (κ2) is 7.49. The molecule has 4 nitrogen and oxygen atoms in total. The summed E-state index contributed by atoms with van der Waals surface area (Å²) in [6.07, 6.45) is 0. The number of hydrogen-bond donors (Lipinski definition) is 1. The van der Waals surface area contributed by atoms with E-state index in [4.69, 9.17) is 4.74 Å². The number of amides is 1. The molecule has 0 saturated carbocycles. The topological polar surface area (TPSA) is 50.7 Å². The number of carbonyl (C=O) groups excluding carboxylic acids is 1. The first-order valence-electron chi connectivity index (χ1n) is 7.55. The first kappa shape index (κ1) is 16.5.